The lowest BCUT2D eigenvalue weighted by atomic mass is 9.77. The van der Waals surface area contributed by atoms with Crippen molar-refractivity contribution in [2.75, 3.05) is 19.1 Å². The molecule has 2 heterocycles. The highest BCUT2D eigenvalue weighted by Gasteiger charge is 2.59. The smallest absolute Gasteiger partial charge is 0.228 e. The third-order valence-electron chi connectivity index (χ3n) is 7.55. The molecule has 0 saturated carbocycles. The molecule has 182 valence electrons. The monoisotopic (exact) mass is 498 g/mol. The number of anilines is 1. The van der Waals surface area contributed by atoms with E-state index in [1.807, 2.05) is 55.7 Å². The molecule has 0 radical (unpaired) electrons. The van der Waals surface area contributed by atoms with E-state index in [2.05, 4.69) is 18.7 Å². The van der Waals surface area contributed by atoms with E-state index >= 15 is 0 Å². The summed E-state index contributed by atoms with van der Waals surface area (Å²) in [6.45, 7) is 4.21. The Balaban J connectivity index is 1.57. The van der Waals surface area contributed by atoms with Gasteiger partial charge in [-0.1, -0.05) is 42.5 Å². The van der Waals surface area contributed by atoms with Gasteiger partial charge in [-0.2, -0.15) is 0 Å². The Labute approximate surface area is 210 Å². The summed E-state index contributed by atoms with van der Waals surface area (Å²) in [5.74, 6) is 1.20. The van der Waals surface area contributed by atoms with E-state index in [4.69, 9.17) is 14.5 Å². The van der Waals surface area contributed by atoms with E-state index in [0.717, 1.165) is 22.4 Å². The van der Waals surface area contributed by atoms with Crippen LogP contribution in [0.4, 0.5) is 11.4 Å². The molecule has 2 aliphatic rings. The molecule has 0 saturated heterocycles. The SMILES string of the molecule is COc1ccc2c(c1)C(C)(C)C1(C=Nc3c(cc(S(=O)(=O)c4ccccc4)c4ccccc34)O1)N2C. The topological polar surface area (TPSA) is 68.2 Å². The third kappa shape index (κ3) is 2.89. The molecule has 0 aliphatic carbocycles. The summed E-state index contributed by atoms with van der Waals surface area (Å²) >= 11 is 0. The van der Waals surface area contributed by atoms with Crippen LogP contribution in [0.1, 0.15) is 19.4 Å². The molecule has 1 atom stereocenters. The zero-order valence-electron chi connectivity index (χ0n) is 20.5. The number of nitrogens with zero attached hydrogens (tertiary/aromatic N) is 2. The van der Waals surface area contributed by atoms with Crippen molar-refractivity contribution in [2.24, 2.45) is 4.99 Å². The first-order valence-corrected chi connectivity index (χ1v) is 13.2. The predicted octanol–water partition coefficient (Wildman–Crippen LogP) is 5.90. The lowest BCUT2D eigenvalue weighted by Crippen LogP contribution is -2.61. The maximum absolute atomic E-state index is 13.8. The van der Waals surface area contributed by atoms with Crippen molar-refractivity contribution in [3.63, 3.8) is 0 Å². The predicted molar refractivity (Wildman–Crippen MR) is 142 cm³/mol. The van der Waals surface area contributed by atoms with Crippen molar-refractivity contribution in [1.82, 2.24) is 0 Å². The summed E-state index contributed by atoms with van der Waals surface area (Å²) in [4.78, 5) is 7.41. The molecular formula is C29H26N2O4S. The molecule has 36 heavy (non-hydrogen) atoms. The molecule has 0 N–H and O–H groups in total. The van der Waals surface area contributed by atoms with E-state index in [-0.39, 0.29) is 9.79 Å². The Kier molecular flexibility index (Phi) is 4.76. The van der Waals surface area contributed by atoms with Crippen molar-refractivity contribution in [2.45, 2.75) is 34.8 Å². The standard InChI is InChI=1S/C29H26N2O4S/c1-28(2)23-16-19(34-4)14-15-24(23)31(3)29(28)18-30-27-22-13-9-8-12-21(22)26(17-25(27)35-29)36(32,33)20-10-6-5-7-11-20/h5-18H,1-4H3. The molecule has 0 aromatic heterocycles. The number of rotatable bonds is 3. The van der Waals surface area contributed by atoms with Crippen LogP contribution < -0.4 is 14.4 Å². The quantitative estimate of drug-likeness (QED) is 0.352. The molecule has 1 spiro atoms. The second-order valence-corrected chi connectivity index (χ2v) is 11.6. The average Bonchev–Trinajstić information content (AvgIpc) is 3.06. The van der Waals surface area contributed by atoms with Crippen LogP contribution in [-0.2, 0) is 15.3 Å². The molecular weight excluding hydrogens is 472 g/mol. The van der Waals surface area contributed by atoms with Gasteiger partial charge in [0, 0.05) is 29.6 Å². The molecule has 1 unspecified atom stereocenters. The van der Waals surface area contributed by atoms with Gasteiger partial charge in [0.15, 0.2) is 5.75 Å². The summed E-state index contributed by atoms with van der Waals surface area (Å²) in [6.07, 6.45) is 1.85. The van der Waals surface area contributed by atoms with Gasteiger partial charge in [0.05, 0.1) is 28.5 Å². The van der Waals surface area contributed by atoms with E-state index in [9.17, 15) is 8.42 Å². The largest absolute Gasteiger partial charge is 0.497 e. The summed E-state index contributed by atoms with van der Waals surface area (Å²) in [7, 11) is -0.179. The zero-order chi connectivity index (χ0) is 25.3. The fraction of sp³-hybridized carbons (Fsp3) is 0.207. The normalized spacial score (nSPS) is 19.7. The van der Waals surface area contributed by atoms with Gasteiger partial charge in [0.25, 0.3) is 0 Å². The summed E-state index contributed by atoms with van der Waals surface area (Å²) in [5, 5.41) is 1.34. The number of methoxy groups -OCH3 is 1. The Morgan fingerprint density at radius 1 is 0.917 bits per heavy atom. The number of aliphatic imine (C=N–C) groups is 1. The van der Waals surface area contributed by atoms with Gasteiger partial charge >= 0.3 is 0 Å². The maximum atomic E-state index is 13.8. The zero-order valence-corrected chi connectivity index (χ0v) is 21.3. The maximum Gasteiger partial charge on any atom is 0.228 e. The van der Waals surface area contributed by atoms with E-state index in [1.165, 1.54) is 0 Å². The molecule has 0 fully saturated rings. The van der Waals surface area contributed by atoms with Crippen LogP contribution in [0.15, 0.2) is 93.6 Å². The van der Waals surface area contributed by atoms with Crippen LogP contribution in [0.2, 0.25) is 0 Å². The van der Waals surface area contributed by atoms with Gasteiger partial charge in [0.2, 0.25) is 15.6 Å². The van der Waals surface area contributed by atoms with Crippen molar-refractivity contribution in [1.29, 1.82) is 0 Å². The van der Waals surface area contributed by atoms with E-state index in [1.54, 1.807) is 43.5 Å². The van der Waals surface area contributed by atoms with Gasteiger partial charge in [-0.25, -0.2) is 8.42 Å². The number of hydrogen-bond acceptors (Lipinski definition) is 6. The van der Waals surface area contributed by atoms with Gasteiger partial charge in [0.1, 0.15) is 11.4 Å². The van der Waals surface area contributed by atoms with Crippen LogP contribution in [0.25, 0.3) is 10.8 Å². The minimum atomic E-state index is -3.80. The van der Waals surface area contributed by atoms with Gasteiger partial charge < -0.3 is 14.4 Å². The van der Waals surface area contributed by atoms with Gasteiger partial charge in [-0.15, -0.1) is 0 Å². The van der Waals surface area contributed by atoms with Gasteiger partial charge in [-0.3, -0.25) is 4.99 Å². The first kappa shape index (κ1) is 22.6. The minimum absolute atomic E-state index is 0.202. The van der Waals surface area contributed by atoms with Crippen molar-refractivity contribution in [3.8, 4) is 11.5 Å². The Bertz CT molecular complexity index is 1660. The highest BCUT2D eigenvalue weighted by molar-refractivity contribution is 7.91. The summed E-state index contributed by atoms with van der Waals surface area (Å²) < 4.78 is 39.8. The Hall–Kier alpha value is -3.84. The molecule has 2 aliphatic heterocycles. The fourth-order valence-corrected chi connectivity index (χ4v) is 6.98. The van der Waals surface area contributed by atoms with Gasteiger partial charge in [-0.05, 0) is 49.7 Å². The van der Waals surface area contributed by atoms with Crippen LogP contribution in [0.3, 0.4) is 0 Å². The number of likely N-dealkylation sites (N-methyl/N-ethyl adjacent to an activating group) is 1. The summed E-state index contributed by atoms with van der Waals surface area (Å²) in [6, 6.07) is 23.5. The lowest BCUT2D eigenvalue weighted by Gasteiger charge is -2.45. The number of sulfone groups is 1. The highest BCUT2D eigenvalue weighted by atomic mass is 32.2. The second kappa shape index (κ2) is 7.58. The molecule has 0 bridgehead atoms. The summed E-state index contributed by atoms with van der Waals surface area (Å²) in [5.41, 5.74) is 1.23. The number of ether oxygens (including phenoxy) is 2. The molecule has 6 nitrogen and oxygen atoms in total. The average molecular weight is 499 g/mol. The highest BCUT2D eigenvalue weighted by Crippen LogP contribution is 2.55. The lowest BCUT2D eigenvalue weighted by molar-refractivity contribution is 0.0823. The number of fused-ring (bicyclic) bond motifs is 4. The van der Waals surface area contributed by atoms with Crippen LogP contribution >= 0.6 is 0 Å². The Morgan fingerprint density at radius 2 is 1.61 bits per heavy atom. The van der Waals surface area contributed by atoms with E-state index < -0.39 is 21.0 Å². The molecule has 4 aromatic rings. The molecule has 6 rings (SSSR count). The van der Waals surface area contributed by atoms with Crippen molar-refractivity contribution >= 4 is 38.2 Å². The second-order valence-electron chi connectivity index (χ2n) is 9.71. The fourth-order valence-electron chi connectivity index (χ4n) is 5.48. The third-order valence-corrected chi connectivity index (χ3v) is 9.36. The van der Waals surface area contributed by atoms with E-state index in [0.29, 0.717) is 16.8 Å². The van der Waals surface area contributed by atoms with Crippen LogP contribution in [0, 0.1) is 0 Å². The Morgan fingerprint density at radius 3 is 2.33 bits per heavy atom. The van der Waals surface area contributed by atoms with Crippen LogP contribution in [0.5, 0.6) is 11.5 Å². The first-order chi connectivity index (χ1) is 17.2. The minimum Gasteiger partial charge on any atom is -0.497 e. The molecule has 7 heteroatoms. The molecule has 4 aromatic carbocycles. The molecule has 0 amide bonds. The number of benzene rings is 4. The van der Waals surface area contributed by atoms with Crippen LogP contribution in [-0.4, -0.2) is 34.5 Å². The number of hydrogen-bond donors (Lipinski definition) is 0. The first-order valence-electron chi connectivity index (χ1n) is 11.7. The van der Waals surface area contributed by atoms with Crippen molar-refractivity contribution < 1.29 is 17.9 Å². The van der Waals surface area contributed by atoms with Crippen molar-refractivity contribution in [3.05, 3.63) is 84.4 Å².